The molecule has 0 amide bonds. The average Bonchev–Trinajstić information content (AvgIpc) is 2.79. The second-order valence-electron chi connectivity index (χ2n) is 8.37. The highest BCUT2D eigenvalue weighted by atomic mass is 16.1. The SMILES string of the molecule is CCC.CCCc1ccc(-c2nc(-c3ccccc3)nc(C)c2C(CCC)C(C)=O)cc1. The van der Waals surface area contributed by atoms with Crippen molar-refractivity contribution in [2.24, 2.45) is 0 Å². The molecule has 0 aliphatic heterocycles. The molecule has 170 valence electrons. The van der Waals surface area contributed by atoms with E-state index in [1.165, 1.54) is 12.0 Å². The highest BCUT2D eigenvalue weighted by Gasteiger charge is 2.25. The van der Waals surface area contributed by atoms with Gasteiger partial charge in [-0.3, -0.25) is 4.79 Å². The third-order valence-electron chi connectivity index (χ3n) is 5.35. The Balaban J connectivity index is 0.00000114. The Bertz CT molecular complexity index is 978. The van der Waals surface area contributed by atoms with Crippen LogP contribution in [0, 0.1) is 6.92 Å². The van der Waals surface area contributed by atoms with Crippen molar-refractivity contribution in [3.63, 3.8) is 0 Å². The molecule has 1 atom stereocenters. The predicted octanol–water partition coefficient (Wildman–Crippen LogP) is 7.96. The van der Waals surface area contributed by atoms with Gasteiger partial charge in [0.1, 0.15) is 5.78 Å². The van der Waals surface area contributed by atoms with Gasteiger partial charge in [-0.25, -0.2) is 9.97 Å². The summed E-state index contributed by atoms with van der Waals surface area (Å²) in [7, 11) is 0. The predicted molar refractivity (Wildman–Crippen MR) is 136 cm³/mol. The first-order valence-corrected chi connectivity index (χ1v) is 12.0. The molecule has 1 heterocycles. The Hall–Kier alpha value is -2.81. The van der Waals surface area contributed by atoms with E-state index >= 15 is 0 Å². The van der Waals surface area contributed by atoms with Crippen LogP contribution in [0.5, 0.6) is 0 Å². The molecule has 0 aliphatic rings. The van der Waals surface area contributed by atoms with Crippen LogP contribution in [-0.2, 0) is 11.2 Å². The van der Waals surface area contributed by atoms with Crippen molar-refractivity contribution in [1.29, 1.82) is 0 Å². The zero-order valence-electron chi connectivity index (χ0n) is 20.6. The molecule has 3 rings (SSSR count). The van der Waals surface area contributed by atoms with Gasteiger partial charge in [-0.2, -0.15) is 0 Å². The molecule has 0 spiro atoms. The number of rotatable bonds is 8. The van der Waals surface area contributed by atoms with Gasteiger partial charge >= 0.3 is 0 Å². The lowest BCUT2D eigenvalue weighted by atomic mass is 9.86. The van der Waals surface area contributed by atoms with Crippen molar-refractivity contribution in [2.75, 3.05) is 0 Å². The van der Waals surface area contributed by atoms with E-state index in [-0.39, 0.29) is 11.7 Å². The van der Waals surface area contributed by atoms with Crippen molar-refractivity contribution in [2.45, 2.75) is 79.6 Å². The molecule has 0 aliphatic carbocycles. The first-order chi connectivity index (χ1) is 15.5. The number of carbonyl (C=O) groups is 1. The lowest BCUT2D eigenvalue weighted by Crippen LogP contribution is -2.14. The molecule has 1 aromatic heterocycles. The number of aryl methyl sites for hydroxylation is 2. The van der Waals surface area contributed by atoms with Crippen LogP contribution in [-0.4, -0.2) is 15.8 Å². The smallest absolute Gasteiger partial charge is 0.160 e. The summed E-state index contributed by atoms with van der Waals surface area (Å²) in [5, 5.41) is 0. The molecule has 0 radical (unpaired) electrons. The van der Waals surface area contributed by atoms with E-state index in [4.69, 9.17) is 9.97 Å². The van der Waals surface area contributed by atoms with Crippen LogP contribution in [0.15, 0.2) is 54.6 Å². The third-order valence-corrected chi connectivity index (χ3v) is 5.35. The number of hydrogen-bond acceptors (Lipinski definition) is 3. The van der Waals surface area contributed by atoms with Crippen LogP contribution in [0.4, 0.5) is 0 Å². The largest absolute Gasteiger partial charge is 0.299 e. The number of aromatic nitrogens is 2. The summed E-state index contributed by atoms with van der Waals surface area (Å²) in [5.41, 5.74) is 6.10. The number of nitrogens with zero attached hydrogens (tertiary/aromatic N) is 2. The quantitative estimate of drug-likeness (QED) is 0.364. The topological polar surface area (TPSA) is 42.9 Å². The normalized spacial score (nSPS) is 11.4. The Labute approximate surface area is 194 Å². The highest BCUT2D eigenvalue weighted by Crippen LogP contribution is 2.35. The maximum atomic E-state index is 12.5. The average molecular weight is 431 g/mol. The number of hydrogen-bond donors (Lipinski definition) is 0. The second kappa shape index (κ2) is 12.9. The number of carbonyl (C=O) groups excluding carboxylic acids is 1. The van der Waals surface area contributed by atoms with Crippen LogP contribution >= 0.6 is 0 Å². The first kappa shape index (κ1) is 25.5. The molecule has 32 heavy (non-hydrogen) atoms. The van der Waals surface area contributed by atoms with Gasteiger partial charge in [0.05, 0.1) is 5.69 Å². The third kappa shape index (κ3) is 6.59. The number of benzene rings is 2. The van der Waals surface area contributed by atoms with Gasteiger partial charge in [-0.15, -0.1) is 0 Å². The molecular formula is C29H38N2O. The lowest BCUT2D eigenvalue weighted by Gasteiger charge is -2.20. The van der Waals surface area contributed by atoms with Gasteiger partial charge < -0.3 is 0 Å². The Morgan fingerprint density at radius 1 is 0.844 bits per heavy atom. The van der Waals surface area contributed by atoms with E-state index < -0.39 is 0 Å². The minimum absolute atomic E-state index is 0.171. The van der Waals surface area contributed by atoms with E-state index in [1.807, 2.05) is 37.3 Å². The number of Topliss-reactive ketones (excluding diaryl/α,β-unsaturated/α-hetero) is 1. The van der Waals surface area contributed by atoms with Crippen LogP contribution in [0.3, 0.4) is 0 Å². The van der Waals surface area contributed by atoms with Crippen molar-refractivity contribution < 1.29 is 4.79 Å². The summed E-state index contributed by atoms with van der Waals surface area (Å²) in [4.78, 5) is 22.3. The fourth-order valence-corrected chi connectivity index (χ4v) is 3.89. The summed E-state index contributed by atoms with van der Waals surface area (Å²) in [5.74, 6) is 0.711. The van der Waals surface area contributed by atoms with Crippen LogP contribution in [0.2, 0.25) is 0 Å². The van der Waals surface area contributed by atoms with Gasteiger partial charge in [0, 0.05) is 28.3 Å². The maximum absolute atomic E-state index is 12.5. The fraction of sp³-hybridized carbons (Fsp3) is 0.414. The molecule has 0 saturated heterocycles. The van der Waals surface area contributed by atoms with Crippen LogP contribution in [0.25, 0.3) is 22.6 Å². The zero-order valence-corrected chi connectivity index (χ0v) is 20.6. The van der Waals surface area contributed by atoms with E-state index in [0.29, 0.717) is 5.82 Å². The minimum atomic E-state index is -0.171. The molecule has 3 nitrogen and oxygen atoms in total. The Kier molecular flexibility index (Phi) is 10.3. The van der Waals surface area contributed by atoms with E-state index in [2.05, 4.69) is 52.0 Å². The first-order valence-electron chi connectivity index (χ1n) is 12.0. The van der Waals surface area contributed by atoms with Crippen molar-refractivity contribution in [3.05, 3.63) is 71.4 Å². The summed E-state index contributed by atoms with van der Waals surface area (Å²) < 4.78 is 0. The van der Waals surface area contributed by atoms with Crippen molar-refractivity contribution >= 4 is 5.78 Å². The van der Waals surface area contributed by atoms with Gasteiger partial charge in [0.15, 0.2) is 5.82 Å². The van der Waals surface area contributed by atoms with Crippen LogP contribution < -0.4 is 0 Å². The van der Waals surface area contributed by atoms with Gasteiger partial charge in [-0.1, -0.05) is 102 Å². The zero-order chi connectivity index (χ0) is 23.5. The standard InChI is InChI=1S/C26H30N2O.C3H8/c1-5-10-20-14-16-21(17-15-20)25-24(23(11-6-2)19(4)29)18(3)27-26(28-25)22-12-8-7-9-13-22;1-3-2/h7-9,12-17,23H,5-6,10-11H2,1-4H3;3H2,1-2H3. The summed E-state index contributed by atoms with van der Waals surface area (Å²) in [6, 6.07) is 18.6. The van der Waals surface area contributed by atoms with Gasteiger partial charge in [-0.05, 0) is 32.3 Å². The van der Waals surface area contributed by atoms with Crippen molar-refractivity contribution in [3.8, 4) is 22.6 Å². The van der Waals surface area contributed by atoms with E-state index in [9.17, 15) is 4.79 Å². The van der Waals surface area contributed by atoms with Gasteiger partial charge in [0.2, 0.25) is 0 Å². The lowest BCUT2D eigenvalue weighted by molar-refractivity contribution is -0.118. The van der Waals surface area contributed by atoms with Crippen molar-refractivity contribution in [1.82, 2.24) is 9.97 Å². The molecule has 0 bridgehead atoms. The molecule has 0 saturated carbocycles. The molecule has 3 aromatic rings. The summed E-state index contributed by atoms with van der Waals surface area (Å²) in [6.07, 6.45) is 5.19. The molecule has 0 fully saturated rings. The summed E-state index contributed by atoms with van der Waals surface area (Å²) >= 11 is 0. The highest BCUT2D eigenvalue weighted by molar-refractivity contribution is 5.86. The van der Waals surface area contributed by atoms with E-state index in [0.717, 1.165) is 53.8 Å². The Morgan fingerprint density at radius 3 is 2.00 bits per heavy atom. The minimum Gasteiger partial charge on any atom is -0.299 e. The number of ketones is 1. The molecule has 0 N–H and O–H groups in total. The summed E-state index contributed by atoms with van der Waals surface area (Å²) in [6.45, 7) is 12.2. The van der Waals surface area contributed by atoms with Gasteiger partial charge in [0.25, 0.3) is 0 Å². The monoisotopic (exact) mass is 430 g/mol. The fourth-order valence-electron chi connectivity index (χ4n) is 3.89. The maximum Gasteiger partial charge on any atom is 0.160 e. The van der Waals surface area contributed by atoms with Crippen LogP contribution in [0.1, 0.15) is 83.0 Å². The molecule has 2 aromatic carbocycles. The Morgan fingerprint density at radius 2 is 1.47 bits per heavy atom. The molecule has 3 heteroatoms. The molecule has 1 unspecified atom stereocenters. The van der Waals surface area contributed by atoms with E-state index in [1.54, 1.807) is 6.92 Å². The second-order valence-corrected chi connectivity index (χ2v) is 8.37. The molecular weight excluding hydrogens is 392 g/mol.